The van der Waals surface area contributed by atoms with Crippen molar-refractivity contribution in [3.8, 4) is 0 Å². The molecule has 0 unspecified atom stereocenters. The van der Waals surface area contributed by atoms with Crippen LogP contribution in [0.2, 0.25) is 0 Å². The minimum absolute atomic E-state index is 0.119. The molecule has 0 N–H and O–H groups in total. The molecule has 2 heteroatoms. The van der Waals surface area contributed by atoms with Crippen LogP contribution in [0.25, 0.3) is 0 Å². The summed E-state index contributed by atoms with van der Waals surface area (Å²) in [6, 6.07) is 8.80. The Balaban J connectivity index is 1.83. The van der Waals surface area contributed by atoms with Crippen LogP contribution in [0.5, 0.6) is 0 Å². The van der Waals surface area contributed by atoms with Gasteiger partial charge in [0.05, 0.1) is 19.3 Å². The molecule has 1 heterocycles. The Morgan fingerprint density at radius 1 is 1.00 bits per heavy atom. The third-order valence-corrected chi connectivity index (χ3v) is 3.74. The van der Waals surface area contributed by atoms with E-state index in [0.717, 1.165) is 19.4 Å². The molecule has 2 nitrogen and oxygen atoms in total. The fourth-order valence-electron chi connectivity index (χ4n) is 2.52. The first-order chi connectivity index (χ1) is 9.33. The highest BCUT2D eigenvalue weighted by Gasteiger charge is 2.22. The highest BCUT2D eigenvalue weighted by molar-refractivity contribution is 5.24. The third-order valence-electron chi connectivity index (χ3n) is 3.74. The first-order valence-electron chi connectivity index (χ1n) is 7.65. The van der Waals surface area contributed by atoms with Gasteiger partial charge in [-0.3, -0.25) is 0 Å². The first kappa shape index (κ1) is 14.5. The Morgan fingerprint density at radius 2 is 1.79 bits per heavy atom. The Kier molecular flexibility index (Phi) is 5.87. The summed E-state index contributed by atoms with van der Waals surface area (Å²) in [5, 5.41) is 0. The van der Waals surface area contributed by atoms with Crippen LogP contribution >= 0.6 is 0 Å². The van der Waals surface area contributed by atoms with E-state index in [1.54, 1.807) is 0 Å². The van der Waals surface area contributed by atoms with Gasteiger partial charge in [-0.05, 0) is 24.0 Å². The second-order valence-electron chi connectivity index (χ2n) is 5.41. The molecule has 106 valence electrons. The molecular formula is C17H26O2. The lowest BCUT2D eigenvalue weighted by molar-refractivity contribution is -0.137. The Bertz CT molecular complexity index is 350. The monoisotopic (exact) mass is 262 g/mol. The molecule has 1 fully saturated rings. The fraction of sp³-hybridized carbons (Fsp3) is 0.647. The van der Waals surface area contributed by atoms with Crippen molar-refractivity contribution in [3.05, 3.63) is 35.4 Å². The molecule has 0 aliphatic carbocycles. The van der Waals surface area contributed by atoms with Crippen LogP contribution in [0, 0.1) is 0 Å². The Labute approximate surface area is 117 Å². The number of unbranched alkanes of at least 4 members (excludes halogenated alkanes) is 1. The summed E-state index contributed by atoms with van der Waals surface area (Å²) >= 11 is 0. The van der Waals surface area contributed by atoms with Crippen LogP contribution in [0.15, 0.2) is 24.3 Å². The predicted octanol–water partition coefficient (Wildman–Crippen LogP) is 4.29. The van der Waals surface area contributed by atoms with Crippen LogP contribution in [0.4, 0.5) is 0 Å². The van der Waals surface area contributed by atoms with Crippen molar-refractivity contribution in [2.45, 2.75) is 58.2 Å². The summed E-state index contributed by atoms with van der Waals surface area (Å²) in [7, 11) is 0. The van der Waals surface area contributed by atoms with E-state index in [4.69, 9.17) is 9.47 Å². The highest BCUT2D eigenvalue weighted by Crippen LogP contribution is 2.25. The topological polar surface area (TPSA) is 18.5 Å². The minimum Gasteiger partial charge on any atom is -0.373 e. The van der Waals surface area contributed by atoms with Crippen LogP contribution in [0.3, 0.4) is 0 Å². The quantitative estimate of drug-likeness (QED) is 0.761. The van der Waals surface area contributed by atoms with E-state index in [1.807, 2.05) is 0 Å². The predicted molar refractivity (Wildman–Crippen MR) is 78.4 cm³/mol. The van der Waals surface area contributed by atoms with E-state index in [1.165, 1.54) is 30.4 Å². The van der Waals surface area contributed by atoms with Crippen molar-refractivity contribution in [3.63, 3.8) is 0 Å². The molecule has 2 rings (SSSR count). The summed E-state index contributed by atoms with van der Waals surface area (Å²) in [5.74, 6) is 0. The van der Waals surface area contributed by atoms with Crippen molar-refractivity contribution in [1.29, 1.82) is 0 Å². The number of ether oxygens (including phenoxy) is 2. The highest BCUT2D eigenvalue weighted by atomic mass is 16.6. The first-order valence-corrected chi connectivity index (χ1v) is 7.65. The molecule has 19 heavy (non-hydrogen) atoms. The molecule has 0 bridgehead atoms. The maximum absolute atomic E-state index is 5.95. The van der Waals surface area contributed by atoms with Gasteiger partial charge < -0.3 is 9.47 Å². The lowest BCUT2D eigenvalue weighted by Gasteiger charge is -2.30. The normalized spacial score (nSPS) is 23.5. The van der Waals surface area contributed by atoms with E-state index >= 15 is 0 Å². The SMILES string of the molecule is CCCC[C@@H]1CO[C@@H](c2ccc(CCC)cc2)CO1. The number of benzene rings is 1. The Hall–Kier alpha value is -0.860. The van der Waals surface area contributed by atoms with Gasteiger partial charge >= 0.3 is 0 Å². The summed E-state index contributed by atoms with van der Waals surface area (Å²) in [6.07, 6.45) is 6.35. The molecule has 1 aliphatic heterocycles. The number of hydrogen-bond acceptors (Lipinski definition) is 2. The van der Waals surface area contributed by atoms with E-state index in [9.17, 15) is 0 Å². The molecule has 0 amide bonds. The summed E-state index contributed by atoms with van der Waals surface area (Å²) in [5.41, 5.74) is 2.65. The largest absolute Gasteiger partial charge is 0.373 e. The zero-order chi connectivity index (χ0) is 13.5. The summed E-state index contributed by atoms with van der Waals surface area (Å²) < 4.78 is 11.8. The smallest absolute Gasteiger partial charge is 0.106 e. The van der Waals surface area contributed by atoms with E-state index in [2.05, 4.69) is 38.1 Å². The van der Waals surface area contributed by atoms with Gasteiger partial charge in [-0.15, -0.1) is 0 Å². The average molecular weight is 262 g/mol. The van der Waals surface area contributed by atoms with Gasteiger partial charge in [-0.2, -0.15) is 0 Å². The molecule has 2 atom stereocenters. The molecule has 0 saturated carbocycles. The average Bonchev–Trinajstić information content (AvgIpc) is 2.47. The second kappa shape index (κ2) is 7.66. The standard InChI is InChI=1S/C17H26O2/c1-3-5-7-16-12-19-17(13-18-16)15-10-8-14(6-4-2)9-11-15/h8-11,16-17H,3-7,12-13H2,1-2H3/t16-,17-/m1/s1. The summed E-state index contributed by atoms with van der Waals surface area (Å²) in [6.45, 7) is 5.86. The molecular weight excluding hydrogens is 236 g/mol. The van der Waals surface area contributed by atoms with Gasteiger partial charge in [-0.25, -0.2) is 0 Å². The number of hydrogen-bond donors (Lipinski definition) is 0. The van der Waals surface area contributed by atoms with E-state index in [0.29, 0.717) is 12.7 Å². The van der Waals surface area contributed by atoms with Gasteiger partial charge in [0.1, 0.15) is 6.10 Å². The molecule has 0 spiro atoms. The fourth-order valence-corrected chi connectivity index (χ4v) is 2.52. The van der Waals surface area contributed by atoms with Gasteiger partial charge in [0.2, 0.25) is 0 Å². The zero-order valence-electron chi connectivity index (χ0n) is 12.2. The molecule has 0 aromatic heterocycles. The van der Waals surface area contributed by atoms with Gasteiger partial charge in [-0.1, -0.05) is 57.4 Å². The van der Waals surface area contributed by atoms with Gasteiger partial charge in [0.25, 0.3) is 0 Å². The maximum Gasteiger partial charge on any atom is 0.106 e. The summed E-state index contributed by atoms with van der Waals surface area (Å²) in [4.78, 5) is 0. The molecule has 1 aliphatic rings. The van der Waals surface area contributed by atoms with Gasteiger partial charge in [0.15, 0.2) is 0 Å². The van der Waals surface area contributed by atoms with Crippen LogP contribution in [-0.2, 0) is 15.9 Å². The second-order valence-corrected chi connectivity index (χ2v) is 5.41. The van der Waals surface area contributed by atoms with Crippen molar-refractivity contribution in [2.75, 3.05) is 13.2 Å². The Morgan fingerprint density at radius 3 is 2.37 bits per heavy atom. The molecule has 1 saturated heterocycles. The molecule has 0 radical (unpaired) electrons. The van der Waals surface area contributed by atoms with Crippen molar-refractivity contribution in [2.24, 2.45) is 0 Å². The lowest BCUT2D eigenvalue weighted by Crippen LogP contribution is -2.31. The molecule has 1 aromatic carbocycles. The van der Waals surface area contributed by atoms with Gasteiger partial charge in [0, 0.05) is 0 Å². The van der Waals surface area contributed by atoms with Crippen molar-refractivity contribution < 1.29 is 9.47 Å². The number of rotatable bonds is 6. The van der Waals surface area contributed by atoms with Crippen LogP contribution < -0.4 is 0 Å². The van der Waals surface area contributed by atoms with E-state index < -0.39 is 0 Å². The zero-order valence-corrected chi connectivity index (χ0v) is 12.2. The lowest BCUT2D eigenvalue weighted by atomic mass is 10.0. The van der Waals surface area contributed by atoms with Crippen molar-refractivity contribution in [1.82, 2.24) is 0 Å². The van der Waals surface area contributed by atoms with E-state index in [-0.39, 0.29) is 6.10 Å². The van der Waals surface area contributed by atoms with Crippen LogP contribution in [-0.4, -0.2) is 19.3 Å². The van der Waals surface area contributed by atoms with Crippen molar-refractivity contribution >= 4 is 0 Å². The maximum atomic E-state index is 5.95. The minimum atomic E-state index is 0.119. The van der Waals surface area contributed by atoms with Crippen LogP contribution in [0.1, 0.15) is 56.8 Å². The third kappa shape index (κ3) is 4.32. The molecule has 1 aromatic rings. The number of aryl methyl sites for hydroxylation is 1.